The lowest BCUT2D eigenvalue weighted by molar-refractivity contribution is -0.131. The lowest BCUT2D eigenvalue weighted by Gasteiger charge is -2.46. The maximum absolute atomic E-state index is 13.3. The summed E-state index contributed by atoms with van der Waals surface area (Å²) in [5.74, 6) is -0.462. The van der Waals surface area contributed by atoms with Crippen LogP contribution in [0.25, 0.3) is 11.1 Å². The summed E-state index contributed by atoms with van der Waals surface area (Å²) >= 11 is 0. The fourth-order valence-corrected chi connectivity index (χ4v) is 4.03. The van der Waals surface area contributed by atoms with Crippen molar-refractivity contribution >= 4 is 25.3 Å². The molecule has 0 saturated carbocycles. The second-order valence-corrected chi connectivity index (χ2v) is 7.68. The maximum atomic E-state index is 13.3. The van der Waals surface area contributed by atoms with Crippen LogP contribution in [0, 0.1) is 5.41 Å². The van der Waals surface area contributed by atoms with Gasteiger partial charge < -0.3 is 5.32 Å². The van der Waals surface area contributed by atoms with E-state index in [0.29, 0.717) is 0 Å². The van der Waals surface area contributed by atoms with Gasteiger partial charge in [-0.05, 0) is 46.9 Å². The molecule has 3 aromatic rings. The van der Waals surface area contributed by atoms with Gasteiger partial charge in [-0.15, -0.1) is 0 Å². The van der Waals surface area contributed by atoms with Crippen molar-refractivity contribution in [2.24, 2.45) is 0 Å². The number of aromatic nitrogens is 1. The number of guanidine groups is 1. The van der Waals surface area contributed by atoms with Crippen LogP contribution in [0.1, 0.15) is 24.0 Å². The Kier molecular flexibility index (Phi) is 4.70. The van der Waals surface area contributed by atoms with Gasteiger partial charge in [0.25, 0.3) is 0 Å². The molecule has 2 heterocycles. The standard InChI is InChI=1S/C23H23BN4O/c1-23(18-12-13-26-19(24)14-18)20(21(29)28(2)22(25)27-23)17-10-8-16(9-11-17)15-6-4-3-5-7-15/h3-14,20H,24H2,1-2H3,(H2,25,27)/t20-,23-/m1/s1. The first kappa shape index (κ1) is 18.9. The topological polar surface area (TPSA) is 69.1 Å². The van der Waals surface area contributed by atoms with Crippen LogP contribution in [-0.4, -0.2) is 36.6 Å². The Bertz CT molecular complexity index is 1070. The molecule has 0 radical (unpaired) electrons. The molecule has 29 heavy (non-hydrogen) atoms. The van der Waals surface area contributed by atoms with E-state index in [-0.39, 0.29) is 11.9 Å². The zero-order valence-electron chi connectivity index (χ0n) is 16.8. The Morgan fingerprint density at radius 2 is 1.72 bits per heavy atom. The summed E-state index contributed by atoms with van der Waals surface area (Å²) in [5, 5.41) is 11.5. The summed E-state index contributed by atoms with van der Waals surface area (Å²) < 4.78 is 0. The number of benzene rings is 2. The molecule has 144 valence electrons. The summed E-state index contributed by atoms with van der Waals surface area (Å²) in [6.45, 7) is 1.98. The van der Waals surface area contributed by atoms with E-state index in [1.807, 2.05) is 57.2 Å². The second-order valence-electron chi connectivity index (χ2n) is 7.68. The highest BCUT2D eigenvalue weighted by molar-refractivity contribution is 6.30. The molecule has 6 heteroatoms. The zero-order chi connectivity index (χ0) is 20.6. The van der Waals surface area contributed by atoms with Crippen molar-refractivity contribution in [3.05, 3.63) is 84.1 Å². The molecule has 0 spiro atoms. The number of hydrogen-bond donors (Lipinski definition) is 2. The van der Waals surface area contributed by atoms with Gasteiger partial charge in [-0.25, -0.2) is 0 Å². The summed E-state index contributed by atoms with van der Waals surface area (Å²) in [4.78, 5) is 19.0. The molecule has 5 nitrogen and oxygen atoms in total. The van der Waals surface area contributed by atoms with Crippen molar-refractivity contribution < 1.29 is 4.79 Å². The van der Waals surface area contributed by atoms with Gasteiger partial charge in [0, 0.05) is 13.2 Å². The van der Waals surface area contributed by atoms with Crippen molar-refractivity contribution in [3.63, 3.8) is 0 Å². The number of pyridine rings is 1. The molecular formula is C23H23BN4O. The monoisotopic (exact) mass is 382 g/mol. The normalized spacial score (nSPS) is 21.7. The van der Waals surface area contributed by atoms with E-state index >= 15 is 0 Å². The largest absolute Gasteiger partial charge is 0.346 e. The third-order valence-electron chi connectivity index (χ3n) is 5.72. The van der Waals surface area contributed by atoms with Crippen molar-refractivity contribution in [2.45, 2.75) is 18.4 Å². The summed E-state index contributed by atoms with van der Waals surface area (Å²) in [6.07, 6.45) is 1.75. The fourth-order valence-electron chi connectivity index (χ4n) is 4.03. The maximum Gasteiger partial charge on any atom is 0.239 e. The molecule has 2 N–H and O–H groups in total. The van der Waals surface area contributed by atoms with Crippen molar-refractivity contribution in [1.82, 2.24) is 15.2 Å². The van der Waals surface area contributed by atoms with Gasteiger partial charge >= 0.3 is 0 Å². The molecule has 1 saturated heterocycles. The van der Waals surface area contributed by atoms with Crippen molar-refractivity contribution in [1.29, 1.82) is 5.41 Å². The van der Waals surface area contributed by atoms with Crippen LogP contribution < -0.4 is 10.9 Å². The lowest BCUT2D eigenvalue weighted by atomic mass is 9.73. The molecule has 1 amide bonds. The molecule has 1 aliphatic rings. The van der Waals surface area contributed by atoms with Gasteiger partial charge in [0.05, 0.1) is 11.5 Å². The molecule has 2 aromatic carbocycles. The summed E-state index contributed by atoms with van der Waals surface area (Å²) in [6, 6.07) is 22.2. The van der Waals surface area contributed by atoms with Gasteiger partial charge in [0.1, 0.15) is 0 Å². The minimum absolute atomic E-state index is 0.0989. The lowest BCUT2D eigenvalue weighted by Crippen LogP contribution is -2.62. The first-order chi connectivity index (χ1) is 13.9. The number of likely N-dealkylation sites (N-methyl/N-ethyl adjacent to an activating group) is 1. The van der Waals surface area contributed by atoms with E-state index in [9.17, 15) is 4.79 Å². The quantitative estimate of drug-likeness (QED) is 0.681. The molecule has 0 aliphatic carbocycles. The minimum atomic E-state index is -0.747. The molecule has 1 fully saturated rings. The molecule has 1 aliphatic heterocycles. The SMILES string of the molecule is Bc1cc([C@@]2(C)NC(=N)N(C)C(=O)[C@H]2c2ccc(-c3ccccc3)cc2)ccn1. The highest BCUT2D eigenvalue weighted by Crippen LogP contribution is 2.40. The molecule has 2 atom stereocenters. The molecule has 4 rings (SSSR count). The number of carbonyl (C=O) groups is 1. The van der Waals surface area contributed by atoms with Crippen LogP contribution in [0.15, 0.2) is 72.9 Å². The number of rotatable bonds is 3. The highest BCUT2D eigenvalue weighted by Gasteiger charge is 2.48. The van der Waals surface area contributed by atoms with Crippen LogP contribution in [-0.2, 0) is 10.3 Å². The van der Waals surface area contributed by atoms with Crippen LogP contribution >= 0.6 is 0 Å². The van der Waals surface area contributed by atoms with Gasteiger partial charge in [-0.3, -0.25) is 20.1 Å². The van der Waals surface area contributed by atoms with Crippen molar-refractivity contribution in [3.8, 4) is 11.1 Å². The third-order valence-corrected chi connectivity index (χ3v) is 5.72. The number of hydrogen-bond acceptors (Lipinski definition) is 3. The third kappa shape index (κ3) is 3.31. The zero-order valence-corrected chi connectivity index (χ0v) is 16.8. The smallest absolute Gasteiger partial charge is 0.239 e. The number of carbonyl (C=O) groups excluding carboxylic acids is 1. The Labute approximate surface area is 171 Å². The van der Waals surface area contributed by atoms with E-state index in [1.54, 1.807) is 13.2 Å². The molecule has 0 bridgehead atoms. The summed E-state index contributed by atoms with van der Waals surface area (Å²) in [5.41, 5.74) is 4.22. The fraction of sp³-hybridized carbons (Fsp3) is 0.174. The Hall–Kier alpha value is -3.41. The predicted octanol–water partition coefficient (Wildman–Crippen LogP) is 2.00. The van der Waals surface area contributed by atoms with E-state index in [2.05, 4.69) is 34.6 Å². The van der Waals surface area contributed by atoms with Crippen LogP contribution in [0.5, 0.6) is 0 Å². The minimum Gasteiger partial charge on any atom is -0.346 e. The highest BCUT2D eigenvalue weighted by atomic mass is 16.2. The number of nitrogens with zero attached hydrogens (tertiary/aromatic N) is 2. The first-order valence-corrected chi connectivity index (χ1v) is 9.63. The average molecular weight is 382 g/mol. The van der Waals surface area contributed by atoms with Crippen LogP contribution in [0.3, 0.4) is 0 Å². The van der Waals surface area contributed by atoms with Gasteiger partial charge in [0.15, 0.2) is 13.8 Å². The van der Waals surface area contributed by atoms with Crippen LogP contribution in [0.4, 0.5) is 0 Å². The van der Waals surface area contributed by atoms with Crippen molar-refractivity contribution in [2.75, 3.05) is 7.05 Å². The van der Waals surface area contributed by atoms with Gasteiger partial charge in [-0.1, -0.05) is 54.6 Å². The van der Waals surface area contributed by atoms with E-state index in [1.165, 1.54) is 4.90 Å². The second kappa shape index (κ2) is 7.20. The Balaban J connectivity index is 1.79. The van der Waals surface area contributed by atoms with Gasteiger partial charge in [0.2, 0.25) is 5.91 Å². The van der Waals surface area contributed by atoms with Crippen LogP contribution in [0.2, 0.25) is 0 Å². The van der Waals surface area contributed by atoms with Gasteiger partial charge in [-0.2, -0.15) is 0 Å². The van der Waals surface area contributed by atoms with E-state index in [0.717, 1.165) is 27.8 Å². The Morgan fingerprint density at radius 1 is 1.07 bits per heavy atom. The molecular weight excluding hydrogens is 359 g/mol. The predicted molar refractivity (Wildman–Crippen MR) is 118 cm³/mol. The molecule has 0 unspecified atom stereocenters. The van der Waals surface area contributed by atoms with E-state index in [4.69, 9.17) is 5.41 Å². The molecule has 1 aromatic heterocycles. The Morgan fingerprint density at radius 3 is 2.38 bits per heavy atom. The number of nitrogens with one attached hydrogen (secondary N) is 2. The average Bonchev–Trinajstić information content (AvgIpc) is 2.73. The van der Waals surface area contributed by atoms with E-state index < -0.39 is 11.5 Å². The summed E-state index contributed by atoms with van der Waals surface area (Å²) in [7, 11) is 3.57. The number of amides is 1. The first-order valence-electron chi connectivity index (χ1n) is 9.63.